The molecule has 2 nitrogen and oxygen atoms in total. The number of likely N-dealkylation sites (tertiary alicyclic amines) is 1. The van der Waals surface area contributed by atoms with Crippen LogP contribution in [-0.2, 0) is 6.42 Å². The van der Waals surface area contributed by atoms with Crippen LogP contribution in [0.15, 0.2) is 24.3 Å². The van der Waals surface area contributed by atoms with Gasteiger partial charge < -0.3 is 4.90 Å². The van der Waals surface area contributed by atoms with E-state index in [0.717, 1.165) is 24.9 Å². The fourth-order valence-corrected chi connectivity index (χ4v) is 3.11. The van der Waals surface area contributed by atoms with E-state index < -0.39 is 0 Å². The third kappa shape index (κ3) is 2.14. The quantitative estimate of drug-likeness (QED) is 0.776. The fourth-order valence-electron chi connectivity index (χ4n) is 3.11. The molecular formula is C15H19NO. The lowest BCUT2D eigenvalue weighted by atomic mass is 9.82. The number of aryl methyl sites for hydroxylation is 1. The number of carbonyl (C=O) groups excluding carboxylic acids is 1. The van der Waals surface area contributed by atoms with Gasteiger partial charge in [0.05, 0.1) is 0 Å². The average Bonchev–Trinajstić information content (AvgIpc) is 2.86. The number of Topliss-reactive ketones (excluding diaryl/α,β-unsaturated/α-hetero) is 1. The van der Waals surface area contributed by atoms with Crippen LogP contribution in [0, 0.1) is 5.92 Å². The first-order chi connectivity index (χ1) is 8.34. The van der Waals surface area contributed by atoms with Crippen molar-refractivity contribution >= 4 is 5.78 Å². The Hall–Kier alpha value is -1.15. The second kappa shape index (κ2) is 4.61. The molecule has 0 saturated carbocycles. The zero-order valence-electron chi connectivity index (χ0n) is 10.2. The molecule has 0 N–H and O–H groups in total. The average molecular weight is 229 g/mol. The first-order valence-electron chi connectivity index (χ1n) is 6.69. The predicted octanol–water partition coefficient (Wildman–Crippen LogP) is 2.53. The summed E-state index contributed by atoms with van der Waals surface area (Å²) in [6.45, 7) is 3.35. The van der Waals surface area contributed by atoms with Crippen LogP contribution in [0.2, 0.25) is 0 Å². The van der Waals surface area contributed by atoms with Crippen LogP contribution < -0.4 is 0 Å². The molecule has 1 saturated heterocycles. The molecule has 1 atom stereocenters. The summed E-state index contributed by atoms with van der Waals surface area (Å²) in [4.78, 5) is 14.8. The maximum atomic E-state index is 12.4. The standard InChI is InChI=1S/C15H19NO/c17-15-13(11-16-9-3-4-10-16)8-7-12-5-1-2-6-14(12)15/h1-2,5-6,13H,3-4,7-11H2. The molecule has 2 heteroatoms. The molecule has 1 unspecified atom stereocenters. The van der Waals surface area contributed by atoms with Crippen LogP contribution >= 0.6 is 0 Å². The van der Waals surface area contributed by atoms with Gasteiger partial charge in [-0.2, -0.15) is 0 Å². The Kier molecular flexibility index (Phi) is 2.98. The summed E-state index contributed by atoms with van der Waals surface area (Å²) in [5, 5.41) is 0. The third-order valence-electron chi connectivity index (χ3n) is 4.09. The minimum absolute atomic E-state index is 0.239. The second-order valence-electron chi connectivity index (χ2n) is 5.26. The van der Waals surface area contributed by atoms with Crippen molar-refractivity contribution in [1.29, 1.82) is 0 Å². The topological polar surface area (TPSA) is 20.3 Å². The van der Waals surface area contributed by atoms with Crippen molar-refractivity contribution in [3.63, 3.8) is 0 Å². The van der Waals surface area contributed by atoms with Gasteiger partial charge in [0.1, 0.15) is 0 Å². The molecule has 1 heterocycles. The predicted molar refractivity (Wildman–Crippen MR) is 68.3 cm³/mol. The first-order valence-corrected chi connectivity index (χ1v) is 6.69. The minimum atomic E-state index is 0.239. The molecule has 1 aromatic rings. The Bertz CT molecular complexity index is 421. The molecule has 2 aliphatic rings. The smallest absolute Gasteiger partial charge is 0.167 e. The molecule has 0 radical (unpaired) electrons. The van der Waals surface area contributed by atoms with Gasteiger partial charge in [-0.25, -0.2) is 0 Å². The van der Waals surface area contributed by atoms with E-state index in [0.29, 0.717) is 5.78 Å². The van der Waals surface area contributed by atoms with Gasteiger partial charge in [-0.1, -0.05) is 24.3 Å². The molecule has 3 rings (SSSR count). The normalized spacial score (nSPS) is 24.9. The van der Waals surface area contributed by atoms with Crippen molar-refractivity contribution < 1.29 is 4.79 Å². The number of hydrogen-bond acceptors (Lipinski definition) is 2. The summed E-state index contributed by atoms with van der Waals surface area (Å²) in [6, 6.07) is 8.11. The van der Waals surface area contributed by atoms with Gasteiger partial charge in [0.25, 0.3) is 0 Å². The maximum absolute atomic E-state index is 12.4. The first kappa shape index (κ1) is 11.0. The number of fused-ring (bicyclic) bond motifs is 1. The maximum Gasteiger partial charge on any atom is 0.167 e. The molecule has 1 aliphatic heterocycles. The zero-order valence-corrected chi connectivity index (χ0v) is 10.2. The van der Waals surface area contributed by atoms with Gasteiger partial charge >= 0.3 is 0 Å². The minimum Gasteiger partial charge on any atom is -0.303 e. The number of hydrogen-bond donors (Lipinski definition) is 0. The molecule has 0 aromatic heterocycles. The van der Waals surface area contributed by atoms with E-state index in [4.69, 9.17) is 0 Å². The summed E-state index contributed by atoms with van der Waals surface area (Å²) in [6.07, 6.45) is 4.71. The van der Waals surface area contributed by atoms with Crippen molar-refractivity contribution in [3.05, 3.63) is 35.4 Å². The summed E-state index contributed by atoms with van der Waals surface area (Å²) in [5.41, 5.74) is 2.22. The molecular weight excluding hydrogens is 210 g/mol. The number of rotatable bonds is 2. The van der Waals surface area contributed by atoms with Crippen molar-refractivity contribution in [1.82, 2.24) is 4.90 Å². The van der Waals surface area contributed by atoms with Gasteiger partial charge in [0, 0.05) is 18.0 Å². The van der Waals surface area contributed by atoms with Crippen molar-refractivity contribution in [2.75, 3.05) is 19.6 Å². The Morgan fingerprint density at radius 2 is 1.94 bits per heavy atom. The largest absolute Gasteiger partial charge is 0.303 e. The highest BCUT2D eigenvalue weighted by Crippen LogP contribution is 2.26. The Balaban J connectivity index is 1.74. The van der Waals surface area contributed by atoms with Gasteiger partial charge in [-0.05, 0) is 44.3 Å². The molecule has 0 bridgehead atoms. The monoisotopic (exact) mass is 229 g/mol. The third-order valence-corrected chi connectivity index (χ3v) is 4.09. The Labute approximate surface area is 103 Å². The van der Waals surface area contributed by atoms with E-state index in [-0.39, 0.29) is 5.92 Å². The van der Waals surface area contributed by atoms with Crippen molar-refractivity contribution in [2.24, 2.45) is 5.92 Å². The van der Waals surface area contributed by atoms with E-state index in [9.17, 15) is 4.79 Å². The highest BCUT2D eigenvalue weighted by molar-refractivity contribution is 6.00. The van der Waals surface area contributed by atoms with E-state index >= 15 is 0 Å². The molecule has 1 fully saturated rings. The number of ketones is 1. The van der Waals surface area contributed by atoms with Gasteiger partial charge in [0.2, 0.25) is 0 Å². The van der Waals surface area contributed by atoms with Crippen molar-refractivity contribution in [3.8, 4) is 0 Å². The Morgan fingerprint density at radius 1 is 1.18 bits per heavy atom. The fraction of sp³-hybridized carbons (Fsp3) is 0.533. The summed E-state index contributed by atoms with van der Waals surface area (Å²) < 4.78 is 0. The van der Waals surface area contributed by atoms with Crippen LogP contribution in [-0.4, -0.2) is 30.3 Å². The molecule has 17 heavy (non-hydrogen) atoms. The highest BCUT2D eigenvalue weighted by Gasteiger charge is 2.29. The highest BCUT2D eigenvalue weighted by atomic mass is 16.1. The zero-order chi connectivity index (χ0) is 11.7. The summed E-state index contributed by atoms with van der Waals surface area (Å²) >= 11 is 0. The van der Waals surface area contributed by atoms with Crippen molar-refractivity contribution in [2.45, 2.75) is 25.7 Å². The van der Waals surface area contributed by atoms with Crippen LogP contribution in [0.1, 0.15) is 35.2 Å². The molecule has 0 amide bonds. The van der Waals surface area contributed by atoms with E-state index in [1.54, 1.807) is 0 Å². The van der Waals surface area contributed by atoms with Crippen LogP contribution in [0.4, 0.5) is 0 Å². The van der Waals surface area contributed by atoms with E-state index in [1.807, 2.05) is 18.2 Å². The second-order valence-corrected chi connectivity index (χ2v) is 5.26. The molecule has 1 aliphatic carbocycles. The van der Waals surface area contributed by atoms with Crippen LogP contribution in [0.25, 0.3) is 0 Å². The molecule has 1 aromatic carbocycles. The lowest BCUT2D eigenvalue weighted by molar-refractivity contribution is 0.0869. The van der Waals surface area contributed by atoms with Crippen LogP contribution in [0.5, 0.6) is 0 Å². The lowest BCUT2D eigenvalue weighted by Crippen LogP contribution is -2.34. The molecule has 0 spiro atoms. The van der Waals surface area contributed by atoms with Gasteiger partial charge in [-0.15, -0.1) is 0 Å². The number of nitrogens with zero attached hydrogens (tertiary/aromatic N) is 1. The van der Waals surface area contributed by atoms with Gasteiger partial charge in [0.15, 0.2) is 5.78 Å². The summed E-state index contributed by atoms with van der Waals surface area (Å²) in [7, 11) is 0. The van der Waals surface area contributed by atoms with E-state index in [2.05, 4.69) is 11.0 Å². The number of carbonyl (C=O) groups is 1. The SMILES string of the molecule is O=C1c2ccccc2CCC1CN1CCCC1. The van der Waals surface area contributed by atoms with Crippen LogP contribution in [0.3, 0.4) is 0 Å². The summed E-state index contributed by atoms with van der Waals surface area (Å²) in [5.74, 6) is 0.613. The van der Waals surface area contributed by atoms with E-state index in [1.165, 1.54) is 31.5 Å². The lowest BCUT2D eigenvalue weighted by Gasteiger charge is -2.27. The van der Waals surface area contributed by atoms with Gasteiger partial charge in [-0.3, -0.25) is 4.79 Å². The number of benzene rings is 1. The Morgan fingerprint density at radius 3 is 2.76 bits per heavy atom. The molecule has 90 valence electrons.